The van der Waals surface area contributed by atoms with Gasteiger partial charge in [-0.3, -0.25) is 4.79 Å². The zero-order chi connectivity index (χ0) is 10.8. The zero-order valence-corrected chi connectivity index (χ0v) is 9.36. The molecule has 1 fully saturated rings. The lowest BCUT2D eigenvalue weighted by Crippen LogP contribution is -2.38. The summed E-state index contributed by atoms with van der Waals surface area (Å²) >= 11 is 0. The van der Waals surface area contributed by atoms with Crippen LogP contribution >= 0.6 is 0 Å². The standard InChI is InChI=1S/C12H20N2O/c1-2-7-14(11-5-6-11)12(15)9-3-4-10(13)8-9/h3-4,9-11H,2,5-8,13H2,1H3. The first kappa shape index (κ1) is 10.7. The van der Waals surface area contributed by atoms with Crippen molar-refractivity contribution in [3.63, 3.8) is 0 Å². The molecule has 0 aromatic heterocycles. The van der Waals surface area contributed by atoms with Gasteiger partial charge in [0.25, 0.3) is 0 Å². The van der Waals surface area contributed by atoms with Crippen molar-refractivity contribution in [1.82, 2.24) is 4.90 Å². The Morgan fingerprint density at radius 3 is 2.67 bits per heavy atom. The van der Waals surface area contributed by atoms with Gasteiger partial charge in [-0.15, -0.1) is 0 Å². The Balaban J connectivity index is 1.95. The third kappa shape index (κ3) is 2.40. The van der Waals surface area contributed by atoms with Gasteiger partial charge >= 0.3 is 0 Å². The van der Waals surface area contributed by atoms with Gasteiger partial charge in [0.05, 0.1) is 5.92 Å². The minimum absolute atomic E-state index is 0.0483. The van der Waals surface area contributed by atoms with Crippen molar-refractivity contribution in [3.05, 3.63) is 12.2 Å². The van der Waals surface area contributed by atoms with E-state index in [4.69, 9.17) is 5.73 Å². The molecule has 0 spiro atoms. The molecule has 2 unspecified atom stereocenters. The van der Waals surface area contributed by atoms with Gasteiger partial charge in [0.2, 0.25) is 5.91 Å². The first-order valence-electron chi connectivity index (χ1n) is 5.96. The number of rotatable bonds is 4. The van der Waals surface area contributed by atoms with Crippen LogP contribution in [0.1, 0.15) is 32.6 Å². The quantitative estimate of drug-likeness (QED) is 0.708. The summed E-state index contributed by atoms with van der Waals surface area (Å²) < 4.78 is 0. The van der Waals surface area contributed by atoms with E-state index in [1.54, 1.807) is 0 Å². The molecule has 0 aliphatic heterocycles. The van der Waals surface area contributed by atoms with Gasteiger partial charge in [0, 0.05) is 18.6 Å². The third-order valence-corrected chi connectivity index (χ3v) is 3.17. The van der Waals surface area contributed by atoms with Crippen LogP contribution in [-0.2, 0) is 4.79 Å². The fraction of sp³-hybridized carbons (Fsp3) is 0.750. The van der Waals surface area contributed by atoms with E-state index < -0.39 is 0 Å². The maximum absolute atomic E-state index is 12.2. The fourth-order valence-corrected chi connectivity index (χ4v) is 2.22. The Hall–Kier alpha value is -0.830. The highest BCUT2D eigenvalue weighted by Gasteiger charge is 2.35. The molecule has 2 atom stereocenters. The fourth-order valence-electron chi connectivity index (χ4n) is 2.22. The van der Waals surface area contributed by atoms with Gasteiger partial charge < -0.3 is 10.6 Å². The first-order chi connectivity index (χ1) is 7.22. The van der Waals surface area contributed by atoms with E-state index in [1.807, 2.05) is 12.2 Å². The van der Waals surface area contributed by atoms with E-state index in [-0.39, 0.29) is 12.0 Å². The van der Waals surface area contributed by atoms with E-state index in [1.165, 1.54) is 12.8 Å². The Morgan fingerprint density at radius 2 is 2.20 bits per heavy atom. The van der Waals surface area contributed by atoms with Crippen LogP contribution in [0.5, 0.6) is 0 Å². The van der Waals surface area contributed by atoms with Crippen LogP contribution < -0.4 is 5.73 Å². The molecule has 0 radical (unpaired) electrons. The summed E-state index contributed by atoms with van der Waals surface area (Å²) in [7, 11) is 0. The number of hydrogen-bond donors (Lipinski definition) is 1. The van der Waals surface area contributed by atoms with Crippen molar-refractivity contribution < 1.29 is 4.79 Å². The molecule has 84 valence electrons. The van der Waals surface area contributed by atoms with E-state index in [9.17, 15) is 4.79 Å². The Kier molecular flexibility index (Phi) is 3.10. The summed E-state index contributed by atoms with van der Waals surface area (Å²) in [6, 6.07) is 0.615. The summed E-state index contributed by atoms with van der Waals surface area (Å²) in [5.41, 5.74) is 5.77. The molecule has 15 heavy (non-hydrogen) atoms. The Labute approximate surface area is 91.3 Å². The van der Waals surface area contributed by atoms with Gasteiger partial charge in [0.15, 0.2) is 0 Å². The number of amides is 1. The molecular formula is C12H20N2O. The lowest BCUT2D eigenvalue weighted by molar-refractivity contribution is -0.134. The van der Waals surface area contributed by atoms with Crippen molar-refractivity contribution in [1.29, 1.82) is 0 Å². The molecular weight excluding hydrogens is 188 g/mol. The van der Waals surface area contributed by atoms with Crippen LogP contribution in [0.2, 0.25) is 0 Å². The highest BCUT2D eigenvalue weighted by Crippen LogP contribution is 2.30. The second kappa shape index (κ2) is 4.35. The molecule has 3 heteroatoms. The molecule has 1 saturated carbocycles. The molecule has 0 aromatic rings. The summed E-state index contributed by atoms with van der Waals surface area (Å²) in [5, 5.41) is 0. The van der Waals surface area contributed by atoms with Gasteiger partial charge in [0.1, 0.15) is 0 Å². The topological polar surface area (TPSA) is 46.3 Å². The predicted octanol–water partition coefficient (Wildman–Crippen LogP) is 1.29. The van der Waals surface area contributed by atoms with Crippen molar-refractivity contribution in [3.8, 4) is 0 Å². The van der Waals surface area contributed by atoms with Gasteiger partial charge in [-0.1, -0.05) is 19.1 Å². The monoisotopic (exact) mass is 208 g/mol. The third-order valence-electron chi connectivity index (χ3n) is 3.17. The summed E-state index contributed by atoms with van der Waals surface area (Å²) in [6.07, 6.45) is 8.16. The number of carbonyl (C=O) groups excluding carboxylic acids is 1. The van der Waals surface area contributed by atoms with Crippen LogP contribution in [0.25, 0.3) is 0 Å². The SMILES string of the molecule is CCCN(C(=O)C1C=CC(N)C1)C1CC1. The summed E-state index contributed by atoms with van der Waals surface area (Å²) in [5.74, 6) is 0.343. The maximum Gasteiger partial charge on any atom is 0.229 e. The average molecular weight is 208 g/mol. The van der Waals surface area contributed by atoms with Crippen LogP contribution in [0.3, 0.4) is 0 Å². The van der Waals surface area contributed by atoms with Crippen LogP contribution in [-0.4, -0.2) is 29.4 Å². The van der Waals surface area contributed by atoms with Gasteiger partial charge in [-0.2, -0.15) is 0 Å². The number of nitrogens with two attached hydrogens (primary N) is 1. The minimum Gasteiger partial charge on any atom is -0.339 e. The molecule has 1 amide bonds. The Bertz CT molecular complexity index is 271. The van der Waals surface area contributed by atoms with Crippen molar-refractivity contribution >= 4 is 5.91 Å². The van der Waals surface area contributed by atoms with Gasteiger partial charge in [-0.25, -0.2) is 0 Å². The van der Waals surface area contributed by atoms with Crippen LogP contribution in [0.4, 0.5) is 0 Å². The maximum atomic E-state index is 12.2. The normalized spacial score (nSPS) is 29.5. The first-order valence-corrected chi connectivity index (χ1v) is 5.96. The smallest absolute Gasteiger partial charge is 0.229 e. The van der Waals surface area contributed by atoms with Crippen molar-refractivity contribution in [2.24, 2.45) is 11.7 Å². The van der Waals surface area contributed by atoms with Crippen LogP contribution in [0, 0.1) is 5.92 Å². The summed E-state index contributed by atoms with van der Waals surface area (Å²) in [4.78, 5) is 14.2. The van der Waals surface area contributed by atoms with E-state index in [0.29, 0.717) is 11.9 Å². The van der Waals surface area contributed by atoms with Gasteiger partial charge in [-0.05, 0) is 25.7 Å². The van der Waals surface area contributed by atoms with E-state index >= 15 is 0 Å². The Morgan fingerprint density at radius 1 is 1.47 bits per heavy atom. The van der Waals surface area contributed by atoms with Crippen molar-refractivity contribution in [2.45, 2.75) is 44.7 Å². The molecule has 0 aromatic carbocycles. The minimum atomic E-state index is 0.0483. The average Bonchev–Trinajstić information content (AvgIpc) is 2.96. The summed E-state index contributed by atoms with van der Waals surface area (Å²) in [6.45, 7) is 3.03. The second-order valence-corrected chi connectivity index (χ2v) is 4.65. The molecule has 2 aliphatic rings. The molecule has 0 bridgehead atoms. The van der Waals surface area contributed by atoms with Crippen LogP contribution in [0.15, 0.2) is 12.2 Å². The molecule has 2 rings (SSSR count). The number of nitrogens with zero attached hydrogens (tertiary/aromatic N) is 1. The molecule has 2 aliphatic carbocycles. The molecule has 2 N–H and O–H groups in total. The molecule has 3 nitrogen and oxygen atoms in total. The zero-order valence-electron chi connectivity index (χ0n) is 9.36. The highest BCUT2D eigenvalue weighted by molar-refractivity contribution is 5.81. The number of carbonyl (C=O) groups is 1. The highest BCUT2D eigenvalue weighted by atomic mass is 16.2. The number of hydrogen-bond acceptors (Lipinski definition) is 2. The lowest BCUT2D eigenvalue weighted by Gasteiger charge is -2.24. The molecule has 0 heterocycles. The predicted molar refractivity (Wildman–Crippen MR) is 60.2 cm³/mol. The second-order valence-electron chi connectivity index (χ2n) is 4.65. The lowest BCUT2D eigenvalue weighted by atomic mass is 10.1. The van der Waals surface area contributed by atoms with E-state index in [2.05, 4.69) is 11.8 Å². The largest absolute Gasteiger partial charge is 0.339 e. The molecule has 0 saturated heterocycles. The van der Waals surface area contributed by atoms with E-state index in [0.717, 1.165) is 19.4 Å². The van der Waals surface area contributed by atoms with Crippen molar-refractivity contribution in [2.75, 3.05) is 6.54 Å².